The van der Waals surface area contributed by atoms with Gasteiger partial charge in [-0.2, -0.15) is 5.10 Å². The molecule has 0 unspecified atom stereocenters. The van der Waals surface area contributed by atoms with E-state index in [4.69, 9.17) is 14.5 Å². The van der Waals surface area contributed by atoms with Crippen molar-refractivity contribution >= 4 is 24.9 Å². The Morgan fingerprint density at radius 3 is 2.61 bits per heavy atom. The third-order valence-corrected chi connectivity index (χ3v) is 7.61. The van der Waals surface area contributed by atoms with Gasteiger partial charge in [0.15, 0.2) is 0 Å². The second-order valence-corrected chi connectivity index (χ2v) is 15.6. The van der Waals surface area contributed by atoms with Crippen molar-refractivity contribution in [2.45, 2.75) is 46.3 Å². The summed E-state index contributed by atoms with van der Waals surface area (Å²) in [7, 11) is -1.29. The van der Waals surface area contributed by atoms with Crippen LogP contribution in [0.4, 0.5) is 0 Å². The molecule has 0 spiro atoms. The highest BCUT2D eigenvalue weighted by atomic mass is 28.3. The van der Waals surface area contributed by atoms with E-state index in [2.05, 4.69) is 24.7 Å². The van der Waals surface area contributed by atoms with Crippen molar-refractivity contribution in [1.82, 2.24) is 19.3 Å². The molecule has 0 fully saturated rings. The Labute approximate surface area is 211 Å². The van der Waals surface area contributed by atoms with Crippen molar-refractivity contribution in [3.8, 4) is 17.1 Å². The normalized spacial score (nSPS) is 11.7. The lowest BCUT2D eigenvalue weighted by Crippen LogP contribution is -2.28. The number of carbonyl (C=O) groups is 1. The minimum Gasteiger partial charge on any atom is -0.462 e. The van der Waals surface area contributed by atoms with Crippen molar-refractivity contribution < 1.29 is 14.3 Å². The molecule has 0 saturated carbocycles. The first kappa shape index (κ1) is 25.5. The second kappa shape index (κ2) is 10.6. The molecule has 0 atom stereocenters. The van der Waals surface area contributed by atoms with Crippen molar-refractivity contribution in [3.63, 3.8) is 0 Å². The first-order valence-electron chi connectivity index (χ1n) is 12.1. The van der Waals surface area contributed by atoms with Gasteiger partial charge in [0.1, 0.15) is 6.73 Å². The Bertz CT molecular complexity index is 1450. The van der Waals surface area contributed by atoms with E-state index in [1.165, 1.54) is 21.6 Å². The fraction of sp³-hybridized carbons (Fsp3) is 0.333. The SMILES string of the molecule is CCOC(=O)c1cnn(-c2nc3ccc(-c4ccccc4C)cc3c(=O)n2COCC[Si](C)(C)C)c1. The Morgan fingerprint density at radius 2 is 1.89 bits per heavy atom. The maximum Gasteiger partial charge on any atom is 0.341 e. The number of aryl methyl sites for hydroxylation is 1. The zero-order chi connectivity index (χ0) is 25.9. The molecule has 0 bridgehead atoms. The zero-order valence-electron chi connectivity index (χ0n) is 21.4. The van der Waals surface area contributed by atoms with E-state index < -0.39 is 14.0 Å². The van der Waals surface area contributed by atoms with Gasteiger partial charge in [-0.25, -0.2) is 14.5 Å². The molecular weight excluding hydrogens is 472 g/mol. The summed E-state index contributed by atoms with van der Waals surface area (Å²) < 4.78 is 13.9. The molecule has 36 heavy (non-hydrogen) atoms. The van der Waals surface area contributed by atoms with Gasteiger partial charge >= 0.3 is 5.97 Å². The number of ether oxygens (including phenoxy) is 2. The van der Waals surface area contributed by atoms with Gasteiger partial charge in [0.2, 0.25) is 5.95 Å². The summed E-state index contributed by atoms with van der Waals surface area (Å²) in [6, 6.07) is 14.7. The number of carbonyl (C=O) groups excluding carboxylic acids is 1. The number of hydrogen-bond donors (Lipinski definition) is 0. The van der Waals surface area contributed by atoms with E-state index in [1.807, 2.05) is 49.4 Å². The van der Waals surface area contributed by atoms with Crippen molar-refractivity contribution in [3.05, 3.63) is 76.3 Å². The highest BCUT2D eigenvalue weighted by Gasteiger charge is 2.18. The molecule has 4 rings (SSSR count). The van der Waals surface area contributed by atoms with Crippen LogP contribution in [0.5, 0.6) is 0 Å². The molecule has 0 aliphatic heterocycles. The predicted octanol–water partition coefficient (Wildman–Crippen LogP) is 5.05. The third kappa shape index (κ3) is 5.63. The van der Waals surface area contributed by atoms with Gasteiger partial charge in [0.25, 0.3) is 5.56 Å². The van der Waals surface area contributed by atoms with Crippen molar-refractivity contribution in [2.24, 2.45) is 0 Å². The summed E-state index contributed by atoms with van der Waals surface area (Å²) in [4.78, 5) is 30.7. The molecule has 4 aromatic rings. The average Bonchev–Trinajstić information content (AvgIpc) is 3.33. The van der Waals surface area contributed by atoms with Crippen molar-refractivity contribution in [2.75, 3.05) is 13.2 Å². The Morgan fingerprint density at radius 1 is 1.11 bits per heavy atom. The summed E-state index contributed by atoms with van der Waals surface area (Å²) in [5.41, 5.74) is 3.73. The molecule has 0 aliphatic carbocycles. The quantitative estimate of drug-likeness (QED) is 0.180. The minimum absolute atomic E-state index is 0.0325. The van der Waals surface area contributed by atoms with E-state index >= 15 is 0 Å². The summed E-state index contributed by atoms with van der Waals surface area (Å²) >= 11 is 0. The highest BCUT2D eigenvalue weighted by Crippen LogP contribution is 2.25. The fourth-order valence-electron chi connectivity index (χ4n) is 3.85. The van der Waals surface area contributed by atoms with Crippen molar-refractivity contribution in [1.29, 1.82) is 0 Å². The monoisotopic (exact) mass is 504 g/mol. The summed E-state index contributed by atoms with van der Waals surface area (Å²) in [5.74, 6) is -0.201. The minimum atomic E-state index is -1.29. The lowest BCUT2D eigenvalue weighted by molar-refractivity contribution is 0.0526. The van der Waals surface area contributed by atoms with Crippen LogP contribution in [0.25, 0.3) is 28.0 Å². The van der Waals surface area contributed by atoms with Crippen LogP contribution in [0.2, 0.25) is 25.7 Å². The van der Waals surface area contributed by atoms with Crippen LogP contribution in [0.15, 0.2) is 59.7 Å². The van der Waals surface area contributed by atoms with Gasteiger partial charge in [0.05, 0.1) is 29.3 Å². The number of esters is 1. The number of hydrogen-bond acceptors (Lipinski definition) is 6. The zero-order valence-corrected chi connectivity index (χ0v) is 22.4. The van der Waals surface area contributed by atoms with E-state index in [0.717, 1.165) is 22.7 Å². The van der Waals surface area contributed by atoms with Crippen LogP contribution in [-0.2, 0) is 16.2 Å². The maximum absolute atomic E-state index is 13.7. The van der Waals surface area contributed by atoms with Gasteiger partial charge in [-0.05, 0) is 48.7 Å². The van der Waals surface area contributed by atoms with Crippen LogP contribution < -0.4 is 5.56 Å². The molecule has 0 amide bonds. The molecule has 2 aromatic carbocycles. The molecule has 2 aromatic heterocycles. The predicted molar refractivity (Wildman–Crippen MR) is 143 cm³/mol. The highest BCUT2D eigenvalue weighted by molar-refractivity contribution is 6.76. The maximum atomic E-state index is 13.7. The second-order valence-electron chi connectivity index (χ2n) is 9.93. The Balaban J connectivity index is 1.79. The van der Waals surface area contributed by atoms with Crippen LogP contribution in [0.3, 0.4) is 0 Å². The standard InChI is InChI=1S/C27H32N4O4Si/c1-6-35-26(33)21-16-28-31(17-21)27-29-24-12-11-20(22-10-8-7-9-19(22)2)15-23(24)25(32)30(27)18-34-13-14-36(3,4)5/h7-12,15-17H,6,13-14,18H2,1-5H3. The average molecular weight is 505 g/mol. The Kier molecular flexibility index (Phi) is 7.51. The molecule has 0 N–H and O–H groups in total. The summed E-state index contributed by atoms with van der Waals surface area (Å²) in [6.07, 6.45) is 2.93. The van der Waals surface area contributed by atoms with Crippen LogP contribution in [-0.4, -0.2) is 46.6 Å². The molecule has 0 aliphatic rings. The smallest absolute Gasteiger partial charge is 0.341 e. The lowest BCUT2D eigenvalue weighted by Gasteiger charge is -2.17. The number of nitrogens with zero attached hydrogens (tertiary/aromatic N) is 4. The van der Waals surface area contributed by atoms with E-state index in [1.54, 1.807) is 6.92 Å². The van der Waals surface area contributed by atoms with E-state index in [-0.39, 0.29) is 30.4 Å². The number of benzene rings is 2. The van der Waals surface area contributed by atoms with Gasteiger partial charge in [-0.3, -0.25) is 9.36 Å². The summed E-state index contributed by atoms with van der Waals surface area (Å²) in [6.45, 7) is 11.5. The molecule has 188 valence electrons. The van der Waals surface area contributed by atoms with E-state index in [0.29, 0.717) is 17.5 Å². The van der Waals surface area contributed by atoms with E-state index in [9.17, 15) is 9.59 Å². The molecule has 0 radical (unpaired) electrons. The number of rotatable bonds is 9. The molecule has 9 heteroatoms. The fourth-order valence-corrected chi connectivity index (χ4v) is 4.61. The van der Waals surface area contributed by atoms with Gasteiger partial charge in [0, 0.05) is 20.9 Å². The number of fused-ring (bicyclic) bond motifs is 1. The Hall–Kier alpha value is -3.56. The summed E-state index contributed by atoms with van der Waals surface area (Å²) in [5, 5.41) is 4.78. The van der Waals surface area contributed by atoms with Crippen LogP contribution in [0, 0.1) is 6.92 Å². The van der Waals surface area contributed by atoms with Gasteiger partial charge in [-0.1, -0.05) is 50.0 Å². The number of aromatic nitrogens is 4. The van der Waals surface area contributed by atoms with Gasteiger partial charge < -0.3 is 9.47 Å². The van der Waals surface area contributed by atoms with Gasteiger partial charge in [-0.15, -0.1) is 0 Å². The molecule has 0 saturated heterocycles. The third-order valence-electron chi connectivity index (χ3n) is 5.91. The molecule has 8 nitrogen and oxygen atoms in total. The first-order valence-corrected chi connectivity index (χ1v) is 15.8. The lowest BCUT2D eigenvalue weighted by atomic mass is 9.99. The largest absolute Gasteiger partial charge is 0.462 e. The molecule has 2 heterocycles. The first-order chi connectivity index (χ1) is 17.2. The van der Waals surface area contributed by atoms with Crippen LogP contribution in [0.1, 0.15) is 22.8 Å². The van der Waals surface area contributed by atoms with Crippen LogP contribution >= 0.6 is 0 Å². The topological polar surface area (TPSA) is 88.2 Å². The molecular formula is C27H32N4O4Si.